The number of hydrogen-bond acceptors (Lipinski definition) is 4. The number of amides is 1. The first-order valence-corrected chi connectivity index (χ1v) is 10.6. The Morgan fingerprint density at radius 2 is 1.84 bits per heavy atom. The number of methoxy groups -OCH3 is 1. The smallest absolute Gasteiger partial charge is 0.354 e. The van der Waals surface area contributed by atoms with E-state index >= 15 is 0 Å². The summed E-state index contributed by atoms with van der Waals surface area (Å²) in [5, 5.41) is 0. The highest BCUT2D eigenvalue weighted by molar-refractivity contribution is 6.06. The maximum atomic E-state index is 13.7. The SMILES string of the molecule is COC(=O)c1c(C)c(C(=O)CN(C(=O)c2cccc(F)c2)C2CCCCC2)c(C)n1C. The molecule has 1 aromatic heterocycles. The third-order valence-electron chi connectivity index (χ3n) is 6.25. The average molecular weight is 429 g/mol. The second kappa shape index (κ2) is 9.45. The van der Waals surface area contributed by atoms with Gasteiger partial charge < -0.3 is 14.2 Å². The number of benzene rings is 1. The van der Waals surface area contributed by atoms with E-state index in [-0.39, 0.29) is 29.8 Å². The molecule has 1 aromatic carbocycles. The average Bonchev–Trinajstić information content (AvgIpc) is 2.99. The molecule has 1 amide bonds. The van der Waals surface area contributed by atoms with Crippen molar-refractivity contribution in [2.45, 2.75) is 52.0 Å². The fraction of sp³-hybridized carbons (Fsp3) is 0.458. The Bertz CT molecular complexity index is 1010. The van der Waals surface area contributed by atoms with Crippen LogP contribution in [0.2, 0.25) is 0 Å². The number of Topliss-reactive ketones (excluding diaryl/α,β-unsaturated/α-hetero) is 1. The van der Waals surface area contributed by atoms with Crippen LogP contribution in [0.3, 0.4) is 0 Å². The largest absolute Gasteiger partial charge is 0.464 e. The van der Waals surface area contributed by atoms with Gasteiger partial charge >= 0.3 is 5.97 Å². The number of rotatable bonds is 6. The number of nitrogens with zero attached hydrogens (tertiary/aromatic N) is 2. The van der Waals surface area contributed by atoms with E-state index in [1.54, 1.807) is 36.4 Å². The molecule has 0 saturated heterocycles. The van der Waals surface area contributed by atoms with E-state index < -0.39 is 11.8 Å². The van der Waals surface area contributed by atoms with Crippen molar-refractivity contribution in [3.8, 4) is 0 Å². The molecule has 0 spiro atoms. The summed E-state index contributed by atoms with van der Waals surface area (Å²) >= 11 is 0. The van der Waals surface area contributed by atoms with Crippen LogP contribution in [0.4, 0.5) is 4.39 Å². The Kier molecular flexibility index (Phi) is 6.93. The van der Waals surface area contributed by atoms with Gasteiger partial charge in [0.25, 0.3) is 5.91 Å². The molecule has 2 aromatic rings. The summed E-state index contributed by atoms with van der Waals surface area (Å²) in [6.45, 7) is 3.37. The lowest BCUT2D eigenvalue weighted by atomic mass is 9.93. The summed E-state index contributed by atoms with van der Waals surface area (Å²) in [6.07, 6.45) is 4.71. The first-order valence-electron chi connectivity index (χ1n) is 10.6. The molecule has 0 aliphatic heterocycles. The van der Waals surface area contributed by atoms with Crippen molar-refractivity contribution >= 4 is 17.7 Å². The van der Waals surface area contributed by atoms with E-state index in [2.05, 4.69) is 0 Å². The summed E-state index contributed by atoms with van der Waals surface area (Å²) in [4.78, 5) is 40.4. The van der Waals surface area contributed by atoms with E-state index in [4.69, 9.17) is 4.74 Å². The van der Waals surface area contributed by atoms with Crippen LogP contribution in [0.15, 0.2) is 24.3 Å². The van der Waals surface area contributed by atoms with Crippen molar-refractivity contribution in [3.63, 3.8) is 0 Å². The normalized spacial score (nSPS) is 14.4. The summed E-state index contributed by atoms with van der Waals surface area (Å²) in [5.41, 5.74) is 2.17. The van der Waals surface area contributed by atoms with Crippen LogP contribution < -0.4 is 0 Å². The second-order valence-corrected chi connectivity index (χ2v) is 8.14. The van der Waals surface area contributed by atoms with Gasteiger partial charge in [-0.05, 0) is 50.5 Å². The molecule has 0 radical (unpaired) electrons. The van der Waals surface area contributed by atoms with E-state index in [9.17, 15) is 18.8 Å². The van der Waals surface area contributed by atoms with Crippen LogP contribution >= 0.6 is 0 Å². The van der Waals surface area contributed by atoms with Gasteiger partial charge in [0.2, 0.25) is 0 Å². The Labute approximate surface area is 182 Å². The van der Waals surface area contributed by atoms with Crippen molar-refractivity contribution < 1.29 is 23.5 Å². The van der Waals surface area contributed by atoms with Crippen LogP contribution in [-0.4, -0.2) is 46.8 Å². The molecule has 1 fully saturated rings. The van der Waals surface area contributed by atoms with Crippen molar-refractivity contribution in [1.29, 1.82) is 0 Å². The van der Waals surface area contributed by atoms with Crippen molar-refractivity contribution in [3.05, 3.63) is 58.2 Å². The quantitative estimate of drug-likeness (QED) is 0.510. The van der Waals surface area contributed by atoms with Gasteiger partial charge in [-0.25, -0.2) is 9.18 Å². The lowest BCUT2D eigenvalue weighted by Gasteiger charge is -2.34. The monoisotopic (exact) mass is 428 g/mol. The summed E-state index contributed by atoms with van der Waals surface area (Å²) < 4.78 is 20.2. The van der Waals surface area contributed by atoms with Crippen LogP contribution in [-0.2, 0) is 11.8 Å². The number of hydrogen-bond donors (Lipinski definition) is 0. The van der Waals surface area contributed by atoms with Crippen LogP contribution in [0.5, 0.6) is 0 Å². The van der Waals surface area contributed by atoms with Gasteiger partial charge in [0.15, 0.2) is 5.78 Å². The maximum absolute atomic E-state index is 13.7. The zero-order valence-electron chi connectivity index (χ0n) is 18.5. The highest BCUT2D eigenvalue weighted by Crippen LogP contribution is 2.27. The molecule has 7 heteroatoms. The minimum atomic E-state index is -0.512. The molecule has 31 heavy (non-hydrogen) atoms. The molecule has 0 bridgehead atoms. The second-order valence-electron chi connectivity index (χ2n) is 8.14. The number of esters is 1. The topological polar surface area (TPSA) is 68.6 Å². The van der Waals surface area contributed by atoms with Gasteiger partial charge in [-0.15, -0.1) is 0 Å². The van der Waals surface area contributed by atoms with Crippen molar-refractivity contribution in [2.75, 3.05) is 13.7 Å². The summed E-state index contributed by atoms with van der Waals surface area (Å²) in [5.74, 6) is -1.59. The minimum absolute atomic E-state index is 0.0714. The number of aromatic nitrogens is 1. The zero-order chi connectivity index (χ0) is 22.7. The van der Waals surface area contributed by atoms with Crippen LogP contribution in [0.1, 0.15) is 74.6 Å². The van der Waals surface area contributed by atoms with Gasteiger partial charge in [0, 0.05) is 29.9 Å². The van der Waals surface area contributed by atoms with Gasteiger partial charge in [0.05, 0.1) is 13.7 Å². The molecule has 1 aliphatic carbocycles. The third kappa shape index (κ3) is 4.55. The first-order chi connectivity index (χ1) is 14.8. The van der Waals surface area contributed by atoms with E-state index in [1.165, 1.54) is 25.3 Å². The fourth-order valence-corrected chi connectivity index (χ4v) is 4.55. The van der Waals surface area contributed by atoms with Gasteiger partial charge in [-0.3, -0.25) is 9.59 Å². The van der Waals surface area contributed by atoms with Crippen LogP contribution in [0, 0.1) is 19.7 Å². The van der Waals surface area contributed by atoms with Gasteiger partial charge in [-0.1, -0.05) is 25.3 Å². The lowest BCUT2D eigenvalue weighted by molar-refractivity contribution is 0.0585. The molecule has 0 atom stereocenters. The van der Waals surface area contributed by atoms with Crippen molar-refractivity contribution in [2.24, 2.45) is 7.05 Å². The molecule has 166 valence electrons. The molecule has 1 heterocycles. The van der Waals surface area contributed by atoms with E-state index in [0.717, 1.165) is 32.1 Å². The van der Waals surface area contributed by atoms with Crippen molar-refractivity contribution in [1.82, 2.24) is 9.47 Å². The molecule has 0 unspecified atom stereocenters. The van der Waals surface area contributed by atoms with Gasteiger partial charge in [-0.2, -0.15) is 0 Å². The van der Waals surface area contributed by atoms with Crippen LogP contribution in [0.25, 0.3) is 0 Å². The minimum Gasteiger partial charge on any atom is -0.464 e. The summed E-state index contributed by atoms with van der Waals surface area (Å²) in [6, 6.07) is 5.49. The number of carbonyl (C=O) groups is 3. The fourth-order valence-electron chi connectivity index (χ4n) is 4.55. The van der Waals surface area contributed by atoms with Gasteiger partial charge in [0.1, 0.15) is 11.5 Å². The maximum Gasteiger partial charge on any atom is 0.354 e. The number of halogens is 1. The zero-order valence-corrected chi connectivity index (χ0v) is 18.5. The predicted molar refractivity (Wildman–Crippen MR) is 115 cm³/mol. The molecular formula is C24H29FN2O4. The molecule has 0 N–H and O–H groups in total. The Hall–Kier alpha value is -2.96. The standard InChI is InChI=1S/C24H29FN2O4/c1-15-21(16(2)26(3)22(15)24(30)31-4)20(28)14-27(19-11-6-5-7-12-19)23(29)17-9-8-10-18(25)13-17/h8-10,13,19H,5-7,11-12,14H2,1-4H3. The third-order valence-corrected chi connectivity index (χ3v) is 6.25. The number of carbonyl (C=O) groups excluding carboxylic acids is 3. The molecule has 3 rings (SSSR count). The lowest BCUT2D eigenvalue weighted by Crippen LogP contribution is -2.44. The Morgan fingerprint density at radius 1 is 1.16 bits per heavy atom. The highest BCUT2D eigenvalue weighted by atomic mass is 19.1. The van der Waals surface area contributed by atoms with E-state index in [0.29, 0.717) is 22.5 Å². The van der Waals surface area contributed by atoms with E-state index in [1.807, 2.05) is 0 Å². The Morgan fingerprint density at radius 3 is 2.45 bits per heavy atom. The predicted octanol–water partition coefficient (Wildman–Crippen LogP) is 4.23. The number of ether oxygens (including phenoxy) is 1. The highest BCUT2D eigenvalue weighted by Gasteiger charge is 2.31. The molecule has 6 nitrogen and oxygen atoms in total. The molecule has 1 saturated carbocycles. The first kappa shape index (κ1) is 22.7. The molecular weight excluding hydrogens is 399 g/mol. The molecule has 1 aliphatic rings. The Balaban J connectivity index is 1.95. The number of ketones is 1. The summed E-state index contributed by atoms with van der Waals surface area (Å²) in [7, 11) is 3.01.